The van der Waals surface area contributed by atoms with E-state index in [0.717, 1.165) is 6.07 Å². The Kier molecular flexibility index (Phi) is 4.06. The molecule has 0 amide bonds. The summed E-state index contributed by atoms with van der Waals surface area (Å²) in [6.45, 7) is 1.33. The highest BCUT2D eigenvalue weighted by atomic mass is 19.4. The molecule has 3 nitrogen and oxygen atoms in total. The molecule has 1 aromatic heterocycles. The van der Waals surface area contributed by atoms with Crippen molar-refractivity contribution in [1.29, 1.82) is 5.26 Å². The Hall–Kier alpha value is -1.91. The molecule has 1 heterocycles. The van der Waals surface area contributed by atoms with E-state index in [2.05, 4.69) is 9.72 Å². The Bertz CT molecular complexity index is 478. The van der Waals surface area contributed by atoms with Crippen LogP contribution in [0.15, 0.2) is 6.07 Å². The number of aromatic nitrogens is 1. The van der Waals surface area contributed by atoms with Gasteiger partial charge < -0.3 is 4.74 Å². The smallest absolute Gasteiger partial charge is 0.404 e. The molecule has 0 aliphatic carbocycles. The summed E-state index contributed by atoms with van der Waals surface area (Å²) in [5.74, 6) is -1.08. The summed E-state index contributed by atoms with van der Waals surface area (Å²) in [6, 6.07) is 2.46. The molecule has 0 spiro atoms. The number of alkyl halides is 5. The molecule has 0 N–H and O–H groups in total. The molecule has 8 heteroatoms. The second-order valence-electron chi connectivity index (χ2n) is 3.30. The van der Waals surface area contributed by atoms with Crippen molar-refractivity contribution in [3.63, 3.8) is 0 Å². The average Bonchev–Trinajstić information content (AvgIpc) is 2.20. The van der Waals surface area contributed by atoms with Crippen molar-refractivity contribution in [1.82, 2.24) is 4.98 Å². The summed E-state index contributed by atoms with van der Waals surface area (Å²) in [5.41, 5.74) is -0.908. The predicted molar refractivity (Wildman–Crippen MR) is 49.9 cm³/mol. The van der Waals surface area contributed by atoms with Crippen molar-refractivity contribution in [2.24, 2.45) is 0 Å². The summed E-state index contributed by atoms with van der Waals surface area (Å²) >= 11 is 0. The van der Waals surface area contributed by atoms with Gasteiger partial charge in [-0.05, 0) is 18.6 Å². The molecule has 0 aliphatic rings. The van der Waals surface area contributed by atoms with Crippen LogP contribution in [0.5, 0.6) is 5.75 Å². The lowest BCUT2D eigenvalue weighted by molar-refractivity contribution is -0.275. The van der Waals surface area contributed by atoms with Crippen molar-refractivity contribution in [2.45, 2.75) is 26.1 Å². The zero-order valence-corrected chi connectivity index (χ0v) is 9.05. The van der Waals surface area contributed by atoms with E-state index in [1.54, 1.807) is 6.07 Å². The fourth-order valence-electron chi connectivity index (χ4n) is 1.27. The lowest BCUT2D eigenvalue weighted by Crippen LogP contribution is -2.19. The molecule has 0 aliphatic heterocycles. The van der Waals surface area contributed by atoms with Gasteiger partial charge in [0.05, 0.1) is 12.5 Å². The Morgan fingerprint density at radius 2 is 2.06 bits per heavy atom. The van der Waals surface area contributed by atoms with Gasteiger partial charge in [-0.3, -0.25) is 0 Å². The number of hydrogen-bond donors (Lipinski definition) is 0. The van der Waals surface area contributed by atoms with Crippen LogP contribution in [0.3, 0.4) is 0 Å². The third-order valence-corrected chi connectivity index (χ3v) is 2.01. The number of pyridine rings is 1. The summed E-state index contributed by atoms with van der Waals surface area (Å²) in [6.07, 6.45) is -8.53. The van der Waals surface area contributed by atoms with Crippen LogP contribution in [0.2, 0.25) is 0 Å². The maximum Gasteiger partial charge on any atom is 0.573 e. The van der Waals surface area contributed by atoms with Gasteiger partial charge in [0.25, 0.3) is 6.43 Å². The van der Waals surface area contributed by atoms with Crippen LogP contribution in [-0.2, 0) is 6.42 Å². The number of nitriles is 1. The molecule has 1 aromatic rings. The van der Waals surface area contributed by atoms with Crippen molar-refractivity contribution in [3.05, 3.63) is 23.0 Å². The number of hydrogen-bond acceptors (Lipinski definition) is 3. The van der Waals surface area contributed by atoms with Gasteiger partial charge in [0, 0.05) is 5.69 Å². The number of nitrogens with zero attached hydrogens (tertiary/aromatic N) is 2. The molecule has 1 rings (SSSR count). The second-order valence-corrected chi connectivity index (χ2v) is 3.30. The molecule has 0 unspecified atom stereocenters. The minimum absolute atomic E-state index is 0.0707. The third-order valence-electron chi connectivity index (χ3n) is 2.01. The van der Waals surface area contributed by atoms with Crippen LogP contribution in [0.1, 0.15) is 23.4 Å². The van der Waals surface area contributed by atoms with Crippen LogP contribution >= 0.6 is 0 Å². The summed E-state index contributed by atoms with van der Waals surface area (Å²) in [4.78, 5) is 3.35. The first-order valence-corrected chi connectivity index (χ1v) is 4.66. The molecular formula is C10H7F5N2O. The van der Waals surface area contributed by atoms with E-state index in [9.17, 15) is 22.0 Å². The molecule has 98 valence electrons. The zero-order valence-electron chi connectivity index (χ0n) is 9.05. The fourth-order valence-corrected chi connectivity index (χ4v) is 1.27. The normalized spacial score (nSPS) is 11.4. The number of ether oxygens (including phenoxy) is 1. The van der Waals surface area contributed by atoms with Crippen molar-refractivity contribution >= 4 is 0 Å². The maximum atomic E-state index is 12.5. The molecule has 0 radical (unpaired) electrons. The molecule has 18 heavy (non-hydrogen) atoms. The minimum Gasteiger partial charge on any atom is -0.404 e. The van der Waals surface area contributed by atoms with Gasteiger partial charge >= 0.3 is 6.36 Å². The lowest BCUT2D eigenvalue weighted by Gasteiger charge is -2.14. The van der Waals surface area contributed by atoms with Crippen molar-refractivity contribution in [2.75, 3.05) is 0 Å². The van der Waals surface area contributed by atoms with E-state index in [1.165, 1.54) is 6.92 Å². The highest BCUT2D eigenvalue weighted by Crippen LogP contribution is 2.33. The first-order chi connectivity index (χ1) is 8.24. The van der Waals surface area contributed by atoms with Gasteiger partial charge in [0.2, 0.25) is 0 Å². The van der Waals surface area contributed by atoms with Crippen LogP contribution in [0.4, 0.5) is 22.0 Å². The van der Waals surface area contributed by atoms with Gasteiger partial charge in [-0.15, -0.1) is 13.2 Å². The molecular weight excluding hydrogens is 259 g/mol. The summed E-state index contributed by atoms with van der Waals surface area (Å²) in [7, 11) is 0. The van der Waals surface area contributed by atoms with Crippen LogP contribution in [0, 0.1) is 18.3 Å². The maximum absolute atomic E-state index is 12.5. The molecule has 0 saturated carbocycles. The average molecular weight is 266 g/mol. The quantitative estimate of drug-likeness (QED) is 0.788. The van der Waals surface area contributed by atoms with E-state index in [4.69, 9.17) is 5.26 Å². The SMILES string of the molecule is Cc1nc(C(F)F)c(OC(F)(F)F)cc1CC#N. The first-order valence-electron chi connectivity index (χ1n) is 4.66. The Balaban J connectivity index is 3.27. The van der Waals surface area contributed by atoms with Crippen LogP contribution < -0.4 is 4.74 Å². The minimum atomic E-state index is -5.09. The van der Waals surface area contributed by atoms with Crippen LogP contribution in [-0.4, -0.2) is 11.3 Å². The van der Waals surface area contributed by atoms with E-state index in [0.29, 0.717) is 0 Å². The number of aryl methyl sites for hydroxylation is 1. The van der Waals surface area contributed by atoms with Crippen molar-refractivity contribution in [3.8, 4) is 11.8 Å². The van der Waals surface area contributed by atoms with Gasteiger partial charge in [-0.1, -0.05) is 0 Å². The highest BCUT2D eigenvalue weighted by Gasteiger charge is 2.34. The zero-order chi connectivity index (χ0) is 13.9. The first kappa shape index (κ1) is 14.2. The van der Waals surface area contributed by atoms with Gasteiger partial charge in [0.15, 0.2) is 5.75 Å². The monoisotopic (exact) mass is 266 g/mol. The second kappa shape index (κ2) is 5.16. The van der Waals surface area contributed by atoms with Crippen LogP contribution in [0.25, 0.3) is 0 Å². The topological polar surface area (TPSA) is 45.9 Å². The molecule has 0 aromatic carbocycles. The molecule has 0 fully saturated rings. The van der Waals surface area contributed by atoms with E-state index < -0.39 is 24.2 Å². The molecule has 0 saturated heterocycles. The van der Waals surface area contributed by atoms with Gasteiger partial charge in [-0.2, -0.15) is 5.26 Å². The third kappa shape index (κ3) is 3.55. The predicted octanol–water partition coefficient (Wildman–Crippen LogP) is 3.29. The van der Waals surface area contributed by atoms with Crippen molar-refractivity contribution < 1.29 is 26.7 Å². The largest absolute Gasteiger partial charge is 0.573 e. The molecule has 0 bridgehead atoms. The number of halogens is 5. The van der Waals surface area contributed by atoms with E-state index in [-0.39, 0.29) is 17.7 Å². The number of rotatable bonds is 3. The Labute approximate surface area is 98.8 Å². The van der Waals surface area contributed by atoms with Gasteiger partial charge in [0.1, 0.15) is 5.69 Å². The fraction of sp³-hybridized carbons (Fsp3) is 0.400. The van der Waals surface area contributed by atoms with E-state index >= 15 is 0 Å². The lowest BCUT2D eigenvalue weighted by atomic mass is 10.1. The Morgan fingerprint density at radius 1 is 1.44 bits per heavy atom. The Morgan fingerprint density at radius 3 is 2.50 bits per heavy atom. The van der Waals surface area contributed by atoms with Gasteiger partial charge in [-0.25, -0.2) is 13.8 Å². The molecule has 0 atom stereocenters. The summed E-state index contributed by atoms with van der Waals surface area (Å²) in [5, 5.41) is 8.46. The highest BCUT2D eigenvalue weighted by molar-refractivity contribution is 5.37. The summed E-state index contributed by atoms with van der Waals surface area (Å²) < 4.78 is 64.7. The van der Waals surface area contributed by atoms with E-state index in [1.807, 2.05) is 0 Å². The standard InChI is InChI=1S/C10H7F5N2O/c1-5-6(2-3-16)4-7(18-10(13,14)15)8(17-5)9(11)12/h4,9H,2H2,1H3.